The Morgan fingerprint density at radius 3 is 2.00 bits per heavy atom. The van der Waals surface area contributed by atoms with E-state index in [1.54, 1.807) is 36.4 Å². The first-order valence-corrected chi connectivity index (χ1v) is 13.5. The molecule has 0 bridgehead atoms. The summed E-state index contributed by atoms with van der Waals surface area (Å²) in [7, 11) is 0. The summed E-state index contributed by atoms with van der Waals surface area (Å²) in [6.45, 7) is 4.73. The molecule has 0 N–H and O–H groups in total. The van der Waals surface area contributed by atoms with Gasteiger partial charge in [-0.15, -0.1) is 0 Å². The van der Waals surface area contributed by atoms with Crippen molar-refractivity contribution in [3.05, 3.63) is 113 Å². The first kappa shape index (κ1) is 27.5. The van der Waals surface area contributed by atoms with Crippen LogP contribution in [0.25, 0.3) is 22.3 Å². The van der Waals surface area contributed by atoms with Crippen molar-refractivity contribution >= 4 is 0 Å². The van der Waals surface area contributed by atoms with Gasteiger partial charge in [0.05, 0.1) is 6.61 Å². The second kappa shape index (κ2) is 13.3. The molecule has 0 aliphatic rings. The standard InChI is InChI=1S/C34H35F3O/c1-3-4-5-6-7-22-38-29-19-21-30(32(35)23-29)26-15-10-25(11-16-26)12-17-28-18-20-31(34(37)33(28)36)27-13-8-24(2)9-14-27/h8-11,13-16,18-21,23H,3-7,12,17,22H2,1-2H3. The van der Waals surface area contributed by atoms with Gasteiger partial charge in [-0.05, 0) is 60.6 Å². The van der Waals surface area contributed by atoms with Gasteiger partial charge < -0.3 is 4.74 Å². The summed E-state index contributed by atoms with van der Waals surface area (Å²) in [5.74, 6) is -1.40. The molecule has 0 radical (unpaired) electrons. The van der Waals surface area contributed by atoms with Crippen molar-refractivity contribution in [2.24, 2.45) is 0 Å². The molecule has 0 saturated heterocycles. The molecule has 4 aromatic carbocycles. The second-order valence-corrected chi connectivity index (χ2v) is 9.87. The van der Waals surface area contributed by atoms with Gasteiger partial charge >= 0.3 is 0 Å². The quantitative estimate of drug-likeness (QED) is 0.170. The third kappa shape index (κ3) is 7.06. The van der Waals surface area contributed by atoms with Crippen LogP contribution >= 0.6 is 0 Å². The van der Waals surface area contributed by atoms with Gasteiger partial charge in [-0.25, -0.2) is 13.2 Å². The molecular formula is C34H35F3O. The zero-order chi connectivity index (χ0) is 26.9. The fraction of sp³-hybridized carbons (Fsp3) is 0.294. The Balaban J connectivity index is 1.35. The summed E-state index contributed by atoms with van der Waals surface area (Å²) < 4.78 is 50.1. The number of halogens is 3. The fourth-order valence-corrected chi connectivity index (χ4v) is 4.58. The van der Waals surface area contributed by atoms with Gasteiger partial charge in [-0.1, -0.05) is 98.8 Å². The number of hydrogen-bond donors (Lipinski definition) is 0. The number of unbranched alkanes of at least 4 members (excludes halogenated alkanes) is 4. The number of aryl methyl sites for hydroxylation is 3. The van der Waals surface area contributed by atoms with Crippen LogP contribution in [0.15, 0.2) is 78.9 Å². The molecule has 0 fully saturated rings. The van der Waals surface area contributed by atoms with Crippen LogP contribution in [0, 0.1) is 24.4 Å². The number of hydrogen-bond acceptors (Lipinski definition) is 1. The average molecular weight is 517 g/mol. The lowest BCUT2D eigenvalue weighted by Gasteiger charge is -2.11. The average Bonchev–Trinajstić information content (AvgIpc) is 2.93. The summed E-state index contributed by atoms with van der Waals surface area (Å²) in [5.41, 5.74) is 4.57. The molecule has 0 atom stereocenters. The van der Waals surface area contributed by atoms with E-state index < -0.39 is 11.6 Å². The van der Waals surface area contributed by atoms with Crippen molar-refractivity contribution < 1.29 is 17.9 Å². The zero-order valence-electron chi connectivity index (χ0n) is 22.2. The van der Waals surface area contributed by atoms with E-state index in [0.29, 0.717) is 41.9 Å². The lowest BCUT2D eigenvalue weighted by Crippen LogP contribution is -2.00. The van der Waals surface area contributed by atoms with Gasteiger partial charge in [0.1, 0.15) is 11.6 Å². The molecule has 0 aromatic heterocycles. The summed E-state index contributed by atoms with van der Waals surface area (Å²) in [6, 6.07) is 23.2. The lowest BCUT2D eigenvalue weighted by molar-refractivity contribution is 0.303. The van der Waals surface area contributed by atoms with E-state index in [1.807, 2.05) is 43.3 Å². The van der Waals surface area contributed by atoms with Gasteiger partial charge in [-0.2, -0.15) is 0 Å². The topological polar surface area (TPSA) is 9.23 Å². The third-order valence-corrected chi connectivity index (χ3v) is 6.93. The van der Waals surface area contributed by atoms with E-state index in [0.717, 1.165) is 29.5 Å². The molecule has 4 rings (SSSR count). The second-order valence-electron chi connectivity index (χ2n) is 9.87. The molecule has 0 amide bonds. The van der Waals surface area contributed by atoms with Crippen LogP contribution in [-0.4, -0.2) is 6.61 Å². The summed E-state index contributed by atoms with van der Waals surface area (Å²) in [4.78, 5) is 0. The zero-order valence-corrected chi connectivity index (χ0v) is 22.2. The van der Waals surface area contributed by atoms with Crippen LogP contribution in [0.1, 0.15) is 55.7 Å². The highest BCUT2D eigenvalue weighted by Gasteiger charge is 2.15. The summed E-state index contributed by atoms with van der Waals surface area (Å²) in [6.07, 6.45) is 6.66. The van der Waals surface area contributed by atoms with E-state index in [9.17, 15) is 13.2 Å². The first-order valence-electron chi connectivity index (χ1n) is 13.5. The minimum atomic E-state index is -0.818. The van der Waals surface area contributed by atoms with E-state index >= 15 is 0 Å². The minimum Gasteiger partial charge on any atom is -0.493 e. The van der Waals surface area contributed by atoms with Gasteiger partial charge in [0.2, 0.25) is 0 Å². The summed E-state index contributed by atoms with van der Waals surface area (Å²) >= 11 is 0. The maximum absolute atomic E-state index is 14.8. The van der Waals surface area contributed by atoms with Gasteiger partial charge in [-0.3, -0.25) is 0 Å². The normalized spacial score (nSPS) is 11.1. The number of ether oxygens (including phenoxy) is 1. The van der Waals surface area contributed by atoms with Crippen molar-refractivity contribution in [2.75, 3.05) is 6.61 Å². The highest BCUT2D eigenvalue weighted by molar-refractivity contribution is 5.66. The van der Waals surface area contributed by atoms with E-state index in [4.69, 9.17) is 4.74 Å². The van der Waals surface area contributed by atoms with E-state index in [-0.39, 0.29) is 11.4 Å². The number of benzene rings is 4. The van der Waals surface area contributed by atoms with Crippen molar-refractivity contribution in [1.82, 2.24) is 0 Å². The first-order chi connectivity index (χ1) is 18.5. The lowest BCUT2D eigenvalue weighted by atomic mass is 9.97. The Morgan fingerprint density at radius 1 is 0.632 bits per heavy atom. The molecule has 0 aliphatic carbocycles. The SMILES string of the molecule is CCCCCCCOc1ccc(-c2ccc(CCc3ccc(-c4ccc(C)cc4)c(F)c3F)cc2)c(F)c1. The molecule has 0 spiro atoms. The Bertz CT molecular complexity index is 1330. The largest absolute Gasteiger partial charge is 0.493 e. The van der Waals surface area contributed by atoms with Gasteiger partial charge in [0, 0.05) is 17.2 Å². The highest BCUT2D eigenvalue weighted by Crippen LogP contribution is 2.29. The maximum atomic E-state index is 14.8. The van der Waals surface area contributed by atoms with E-state index in [2.05, 4.69) is 6.92 Å². The molecule has 198 valence electrons. The smallest absolute Gasteiger partial charge is 0.166 e. The highest BCUT2D eigenvalue weighted by atomic mass is 19.2. The van der Waals surface area contributed by atoms with Crippen LogP contribution in [-0.2, 0) is 12.8 Å². The van der Waals surface area contributed by atoms with Crippen molar-refractivity contribution in [2.45, 2.75) is 58.8 Å². The minimum absolute atomic E-state index is 0.265. The molecular weight excluding hydrogens is 481 g/mol. The number of rotatable bonds is 12. The van der Waals surface area contributed by atoms with Crippen LogP contribution < -0.4 is 4.74 Å². The van der Waals surface area contributed by atoms with Crippen LogP contribution in [0.3, 0.4) is 0 Å². The molecule has 4 heteroatoms. The van der Waals surface area contributed by atoms with Crippen molar-refractivity contribution in [1.29, 1.82) is 0 Å². The van der Waals surface area contributed by atoms with Crippen LogP contribution in [0.2, 0.25) is 0 Å². The predicted octanol–water partition coefficient (Wildman–Crippen LogP) is 9.88. The Morgan fingerprint density at radius 2 is 1.29 bits per heavy atom. The van der Waals surface area contributed by atoms with E-state index in [1.165, 1.54) is 25.3 Å². The molecule has 0 saturated carbocycles. The maximum Gasteiger partial charge on any atom is 0.166 e. The molecule has 1 nitrogen and oxygen atoms in total. The Labute approximate surface area is 224 Å². The molecule has 0 unspecified atom stereocenters. The molecule has 4 aromatic rings. The van der Waals surface area contributed by atoms with Gasteiger partial charge in [0.25, 0.3) is 0 Å². The Hall–Kier alpha value is -3.53. The monoisotopic (exact) mass is 516 g/mol. The fourth-order valence-electron chi connectivity index (χ4n) is 4.58. The molecule has 0 aliphatic heterocycles. The van der Waals surface area contributed by atoms with Gasteiger partial charge in [0.15, 0.2) is 11.6 Å². The van der Waals surface area contributed by atoms with Crippen LogP contribution in [0.4, 0.5) is 13.2 Å². The van der Waals surface area contributed by atoms with Crippen LogP contribution in [0.5, 0.6) is 5.75 Å². The third-order valence-electron chi connectivity index (χ3n) is 6.93. The van der Waals surface area contributed by atoms with Crippen molar-refractivity contribution in [3.8, 4) is 28.0 Å². The summed E-state index contributed by atoms with van der Waals surface area (Å²) in [5, 5.41) is 0. The molecule has 38 heavy (non-hydrogen) atoms. The Kier molecular flexibility index (Phi) is 9.64. The predicted molar refractivity (Wildman–Crippen MR) is 150 cm³/mol. The molecule has 0 heterocycles. The van der Waals surface area contributed by atoms with Crippen molar-refractivity contribution in [3.63, 3.8) is 0 Å².